The topological polar surface area (TPSA) is 43.6 Å². The number of halogens is 3. The van der Waals surface area contributed by atoms with Crippen LogP contribution in [0.2, 0.25) is 10.0 Å². The molecule has 2 aromatic rings. The van der Waals surface area contributed by atoms with Crippen LogP contribution in [0.1, 0.15) is 18.1 Å². The molecule has 0 fully saturated rings. The van der Waals surface area contributed by atoms with Crippen molar-refractivity contribution in [3.63, 3.8) is 0 Å². The van der Waals surface area contributed by atoms with Gasteiger partial charge in [-0.2, -0.15) is 4.68 Å². The van der Waals surface area contributed by atoms with Crippen LogP contribution in [0.4, 0.5) is 0 Å². The van der Waals surface area contributed by atoms with Gasteiger partial charge in [-0.1, -0.05) is 29.3 Å². The van der Waals surface area contributed by atoms with Crippen LogP contribution in [-0.2, 0) is 0 Å². The number of aromatic nitrogens is 4. The summed E-state index contributed by atoms with van der Waals surface area (Å²) in [7, 11) is 0. The van der Waals surface area contributed by atoms with E-state index in [1.807, 2.05) is 0 Å². The van der Waals surface area contributed by atoms with Crippen molar-refractivity contribution < 1.29 is 0 Å². The quantitative estimate of drug-likeness (QED) is 0.791. The minimum Gasteiger partial charge on any atom is -0.194 e. The van der Waals surface area contributed by atoms with Gasteiger partial charge in [0.05, 0.1) is 21.1 Å². The van der Waals surface area contributed by atoms with Crippen LogP contribution in [0.3, 0.4) is 0 Å². The van der Waals surface area contributed by atoms with Crippen molar-refractivity contribution in [3.05, 3.63) is 34.1 Å². The maximum atomic E-state index is 6.07. The fraction of sp³-hybridized carbons (Fsp3) is 0.222. The molecular weight excluding hydrogens is 270 g/mol. The highest BCUT2D eigenvalue weighted by Crippen LogP contribution is 2.29. The molecule has 0 saturated carbocycles. The van der Waals surface area contributed by atoms with Crippen LogP contribution in [0.25, 0.3) is 5.69 Å². The van der Waals surface area contributed by atoms with Gasteiger partial charge in [-0.25, -0.2) is 0 Å². The first kappa shape index (κ1) is 11.6. The van der Waals surface area contributed by atoms with E-state index in [2.05, 4.69) is 15.5 Å². The Bertz CT molecular complexity index is 509. The summed E-state index contributed by atoms with van der Waals surface area (Å²) < 4.78 is 1.48. The molecule has 1 unspecified atom stereocenters. The molecule has 0 spiro atoms. The lowest BCUT2D eigenvalue weighted by Gasteiger charge is -2.08. The van der Waals surface area contributed by atoms with Gasteiger partial charge < -0.3 is 0 Å². The van der Waals surface area contributed by atoms with Crippen molar-refractivity contribution in [2.24, 2.45) is 0 Å². The second-order valence-electron chi connectivity index (χ2n) is 3.14. The monoisotopic (exact) mass is 276 g/mol. The van der Waals surface area contributed by atoms with Gasteiger partial charge in [-0.15, -0.1) is 16.7 Å². The molecule has 1 aromatic heterocycles. The van der Waals surface area contributed by atoms with Crippen LogP contribution >= 0.6 is 34.8 Å². The first-order valence-electron chi connectivity index (χ1n) is 4.48. The van der Waals surface area contributed by atoms with Crippen molar-refractivity contribution in [2.75, 3.05) is 0 Å². The Kier molecular flexibility index (Phi) is 3.33. The maximum Gasteiger partial charge on any atom is 0.174 e. The molecule has 0 radical (unpaired) electrons. The van der Waals surface area contributed by atoms with Gasteiger partial charge in [0.1, 0.15) is 0 Å². The summed E-state index contributed by atoms with van der Waals surface area (Å²) >= 11 is 17.9. The fourth-order valence-corrected chi connectivity index (χ4v) is 1.78. The van der Waals surface area contributed by atoms with E-state index in [-0.39, 0.29) is 5.38 Å². The highest BCUT2D eigenvalue weighted by molar-refractivity contribution is 6.43. The molecule has 1 atom stereocenters. The van der Waals surface area contributed by atoms with E-state index in [0.717, 1.165) is 0 Å². The van der Waals surface area contributed by atoms with Gasteiger partial charge in [-0.05, 0) is 29.5 Å². The highest BCUT2D eigenvalue weighted by Gasteiger charge is 2.16. The van der Waals surface area contributed by atoms with Gasteiger partial charge >= 0.3 is 0 Å². The van der Waals surface area contributed by atoms with Gasteiger partial charge in [0.15, 0.2) is 5.82 Å². The third kappa shape index (κ3) is 2.00. The Morgan fingerprint density at radius 3 is 2.75 bits per heavy atom. The van der Waals surface area contributed by atoms with Gasteiger partial charge in [0.2, 0.25) is 0 Å². The van der Waals surface area contributed by atoms with E-state index in [1.54, 1.807) is 25.1 Å². The summed E-state index contributed by atoms with van der Waals surface area (Å²) in [5.41, 5.74) is 0.613. The van der Waals surface area contributed by atoms with Crippen molar-refractivity contribution in [2.45, 2.75) is 12.3 Å². The molecule has 1 aromatic carbocycles. The summed E-state index contributed by atoms with van der Waals surface area (Å²) in [6.45, 7) is 1.78. The zero-order chi connectivity index (χ0) is 11.7. The molecule has 0 aliphatic heterocycles. The third-order valence-electron chi connectivity index (χ3n) is 2.01. The number of alkyl halides is 1. The summed E-state index contributed by atoms with van der Waals surface area (Å²) in [4.78, 5) is 0. The van der Waals surface area contributed by atoms with Crippen LogP contribution in [0.5, 0.6) is 0 Å². The second kappa shape index (κ2) is 4.57. The zero-order valence-electron chi connectivity index (χ0n) is 8.23. The molecule has 0 bridgehead atoms. The Morgan fingerprint density at radius 2 is 2.06 bits per heavy atom. The SMILES string of the molecule is CC(Cl)c1nnnn1-c1cccc(Cl)c1Cl. The Balaban J connectivity index is 2.59. The Hall–Kier alpha value is -0.840. The van der Waals surface area contributed by atoms with E-state index in [0.29, 0.717) is 21.6 Å². The molecule has 0 amide bonds. The van der Waals surface area contributed by atoms with E-state index in [9.17, 15) is 0 Å². The van der Waals surface area contributed by atoms with Crippen molar-refractivity contribution in [1.29, 1.82) is 0 Å². The molecule has 16 heavy (non-hydrogen) atoms. The lowest BCUT2D eigenvalue weighted by Crippen LogP contribution is -2.04. The van der Waals surface area contributed by atoms with Crippen molar-refractivity contribution in [3.8, 4) is 5.69 Å². The van der Waals surface area contributed by atoms with Gasteiger partial charge in [0, 0.05) is 0 Å². The minimum atomic E-state index is -0.315. The average molecular weight is 278 g/mol. The number of tetrazole rings is 1. The number of hydrogen-bond acceptors (Lipinski definition) is 3. The lowest BCUT2D eigenvalue weighted by molar-refractivity contribution is 0.761. The number of benzene rings is 1. The van der Waals surface area contributed by atoms with E-state index in [1.165, 1.54) is 4.68 Å². The predicted octanol–water partition coefficient (Wildman–Crippen LogP) is 3.27. The number of rotatable bonds is 2. The standard InChI is InChI=1S/C9H7Cl3N4/c1-5(10)9-13-14-15-16(9)7-4-2-3-6(11)8(7)12/h2-5H,1H3. The zero-order valence-corrected chi connectivity index (χ0v) is 10.5. The van der Waals surface area contributed by atoms with Crippen LogP contribution in [0, 0.1) is 0 Å². The molecule has 0 aliphatic rings. The second-order valence-corrected chi connectivity index (χ2v) is 4.58. The van der Waals surface area contributed by atoms with Crippen molar-refractivity contribution in [1.82, 2.24) is 20.2 Å². The molecular formula is C9H7Cl3N4. The summed E-state index contributed by atoms with van der Waals surface area (Å²) in [6, 6.07) is 5.24. The number of nitrogens with zero attached hydrogens (tertiary/aromatic N) is 4. The number of hydrogen-bond donors (Lipinski definition) is 0. The molecule has 84 valence electrons. The third-order valence-corrected chi connectivity index (χ3v) is 3.01. The lowest BCUT2D eigenvalue weighted by atomic mass is 10.3. The molecule has 4 nitrogen and oxygen atoms in total. The van der Waals surface area contributed by atoms with Gasteiger partial charge in [0.25, 0.3) is 0 Å². The van der Waals surface area contributed by atoms with Crippen LogP contribution in [0.15, 0.2) is 18.2 Å². The Labute approximate surface area is 107 Å². The Morgan fingerprint density at radius 1 is 1.31 bits per heavy atom. The average Bonchev–Trinajstić information content (AvgIpc) is 2.70. The first-order valence-corrected chi connectivity index (χ1v) is 5.67. The van der Waals surface area contributed by atoms with E-state index < -0.39 is 0 Å². The van der Waals surface area contributed by atoms with E-state index >= 15 is 0 Å². The summed E-state index contributed by atoms with van der Waals surface area (Å²) in [5, 5.41) is 11.8. The molecule has 2 rings (SSSR count). The fourth-order valence-electron chi connectivity index (χ4n) is 1.27. The molecule has 7 heteroatoms. The van der Waals surface area contributed by atoms with E-state index in [4.69, 9.17) is 34.8 Å². The molecule has 1 heterocycles. The van der Waals surface area contributed by atoms with Gasteiger partial charge in [-0.3, -0.25) is 0 Å². The summed E-state index contributed by atoms with van der Waals surface area (Å²) in [6.07, 6.45) is 0. The molecule has 0 saturated heterocycles. The maximum absolute atomic E-state index is 6.07. The molecule has 0 aliphatic carbocycles. The smallest absolute Gasteiger partial charge is 0.174 e. The minimum absolute atomic E-state index is 0.315. The first-order chi connectivity index (χ1) is 7.61. The summed E-state index contributed by atoms with van der Waals surface area (Å²) in [5.74, 6) is 0.519. The largest absolute Gasteiger partial charge is 0.194 e. The predicted molar refractivity (Wildman–Crippen MR) is 63.4 cm³/mol. The van der Waals surface area contributed by atoms with Crippen LogP contribution in [-0.4, -0.2) is 20.2 Å². The van der Waals surface area contributed by atoms with Crippen molar-refractivity contribution >= 4 is 34.8 Å². The van der Waals surface area contributed by atoms with Crippen LogP contribution < -0.4 is 0 Å². The molecule has 0 N–H and O–H groups in total. The normalized spacial score (nSPS) is 12.8. The highest BCUT2D eigenvalue weighted by atomic mass is 35.5.